The highest BCUT2D eigenvalue weighted by atomic mass is 19.1. The first-order valence-corrected chi connectivity index (χ1v) is 7.74. The summed E-state index contributed by atoms with van der Waals surface area (Å²) < 4.78 is 13.7. The van der Waals surface area contributed by atoms with Gasteiger partial charge >= 0.3 is 0 Å². The Balaban J connectivity index is 2.49. The number of aryl methyl sites for hydroxylation is 2. The summed E-state index contributed by atoms with van der Waals surface area (Å²) in [7, 11) is 0. The van der Waals surface area contributed by atoms with Gasteiger partial charge in [-0.25, -0.2) is 4.39 Å². The topological polar surface area (TPSA) is 12.0 Å². The van der Waals surface area contributed by atoms with E-state index in [1.807, 2.05) is 13.0 Å². The maximum Gasteiger partial charge on any atom is 0.123 e. The first kappa shape index (κ1) is 15.7. The predicted molar refractivity (Wildman–Crippen MR) is 87.1 cm³/mol. The van der Waals surface area contributed by atoms with Crippen LogP contribution in [0.15, 0.2) is 42.5 Å². The maximum absolute atomic E-state index is 13.7. The quantitative estimate of drug-likeness (QED) is 0.805. The molecule has 0 aliphatic rings. The third-order valence-corrected chi connectivity index (χ3v) is 3.90. The van der Waals surface area contributed by atoms with Crippen LogP contribution < -0.4 is 5.32 Å². The average Bonchev–Trinajstić information content (AvgIpc) is 2.51. The normalized spacial score (nSPS) is 12.4. The van der Waals surface area contributed by atoms with Crippen molar-refractivity contribution < 1.29 is 4.39 Å². The van der Waals surface area contributed by atoms with Gasteiger partial charge in [-0.2, -0.15) is 0 Å². The monoisotopic (exact) mass is 285 g/mol. The molecule has 1 atom stereocenters. The zero-order chi connectivity index (χ0) is 15.2. The zero-order valence-electron chi connectivity index (χ0n) is 13.1. The Hall–Kier alpha value is -1.67. The third-order valence-electron chi connectivity index (χ3n) is 3.90. The third kappa shape index (κ3) is 3.70. The number of halogens is 1. The van der Waals surface area contributed by atoms with Crippen LogP contribution in [0.2, 0.25) is 0 Å². The fourth-order valence-electron chi connectivity index (χ4n) is 2.74. The molecule has 0 radical (unpaired) electrons. The molecule has 21 heavy (non-hydrogen) atoms. The van der Waals surface area contributed by atoms with Crippen molar-refractivity contribution in [3.05, 3.63) is 70.5 Å². The van der Waals surface area contributed by atoms with Crippen LogP contribution in [0.1, 0.15) is 48.6 Å². The number of hydrogen-bond donors (Lipinski definition) is 1. The van der Waals surface area contributed by atoms with E-state index in [4.69, 9.17) is 0 Å². The fourth-order valence-corrected chi connectivity index (χ4v) is 2.74. The van der Waals surface area contributed by atoms with Crippen LogP contribution in [0.5, 0.6) is 0 Å². The first-order valence-electron chi connectivity index (χ1n) is 7.74. The number of hydrogen-bond acceptors (Lipinski definition) is 1. The van der Waals surface area contributed by atoms with Crippen molar-refractivity contribution in [1.82, 2.24) is 5.32 Å². The predicted octanol–water partition coefficient (Wildman–Crippen LogP) is 4.79. The van der Waals surface area contributed by atoms with Gasteiger partial charge in [-0.05, 0) is 60.7 Å². The van der Waals surface area contributed by atoms with Gasteiger partial charge in [0.2, 0.25) is 0 Å². The molecule has 0 saturated heterocycles. The van der Waals surface area contributed by atoms with Gasteiger partial charge in [0, 0.05) is 0 Å². The van der Waals surface area contributed by atoms with E-state index in [0.717, 1.165) is 30.5 Å². The highest BCUT2D eigenvalue weighted by Crippen LogP contribution is 2.28. The van der Waals surface area contributed by atoms with E-state index >= 15 is 0 Å². The minimum absolute atomic E-state index is 0.0526. The summed E-state index contributed by atoms with van der Waals surface area (Å²) in [6.45, 7) is 7.27. The molecule has 2 aromatic rings. The Morgan fingerprint density at radius 1 is 1.05 bits per heavy atom. The summed E-state index contributed by atoms with van der Waals surface area (Å²) in [4.78, 5) is 0. The van der Waals surface area contributed by atoms with Gasteiger partial charge in [0.25, 0.3) is 0 Å². The zero-order valence-corrected chi connectivity index (χ0v) is 13.1. The minimum Gasteiger partial charge on any atom is -0.306 e. The van der Waals surface area contributed by atoms with E-state index < -0.39 is 0 Å². The maximum atomic E-state index is 13.7. The van der Waals surface area contributed by atoms with Crippen LogP contribution in [0, 0.1) is 12.7 Å². The Morgan fingerprint density at radius 2 is 1.81 bits per heavy atom. The van der Waals surface area contributed by atoms with Crippen molar-refractivity contribution in [3.8, 4) is 0 Å². The second-order valence-electron chi connectivity index (χ2n) is 5.44. The second kappa shape index (κ2) is 7.37. The molecule has 0 amide bonds. The number of benzene rings is 2. The molecule has 1 unspecified atom stereocenters. The van der Waals surface area contributed by atoms with Gasteiger partial charge in [-0.15, -0.1) is 0 Å². The Kier molecular flexibility index (Phi) is 5.51. The van der Waals surface area contributed by atoms with E-state index in [0.29, 0.717) is 0 Å². The molecule has 112 valence electrons. The molecule has 1 N–H and O–H groups in total. The van der Waals surface area contributed by atoms with Crippen molar-refractivity contribution in [3.63, 3.8) is 0 Å². The highest BCUT2D eigenvalue weighted by Gasteiger charge is 2.18. The van der Waals surface area contributed by atoms with Crippen LogP contribution in [-0.2, 0) is 6.42 Å². The summed E-state index contributed by atoms with van der Waals surface area (Å²) in [6, 6.07) is 13.5. The smallest absolute Gasteiger partial charge is 0.123 e. The summed E-state index contributed by atoms with van der Waals surface area (Å²) in [5.74, 6) is -0.173. The average molecular weight is 285 g/mol. The van der Waals surface area contributed by atoms with E-state index in [1.54, 1.807) is 6.07 Å². The van der Waals surface area contributed by atoms with Crippen molar-refractivity contribution in [1.29, 1.82) is 0 Å². The lowest BCUT2D eigenvalue weighted by molar-refractivity contribution is 0.580. The van der Waals surface area contributed by atoms with Gasteiger partial charge in [-0.3, -0.25) is 0 Å². The standard InChI is InChI=1S/C19H24FN/c1-4-12-21-19(17-9-7-6-8-15(17)5-2)18-13-16(20)11-10-14(18)3/h6-11,13,19,21H,4-5,12H2,1-3H3. The van der Waals surface area contributed by atoms with Gasteiger partial charge in [0.05, 0.1) is 6.04 Å². The van der Waals surface area contributed by atoms with Gasteiger partial charge in [0.1, 0.15) is 5.82 Å². The lowest BCUT2D eigenvalue weighted by atomic mass is 9.90. The van der Waals surface area contributed by atoms with Crippen LogP contribution in [0.4, 0.5) is 4.39 Å². The molecule has 0 saturated carbocycles. The van der Waals surface area contributed by atoms with Crippen molar-refractivity contribution >= 4 is 0 Å². The Bertz CT molecular complexity index is 592. The van der Waals surface area contributed by atoms with Crippen LogP contribution in [-0.4, -0.2) is 6.54 Å². The molecular formula is C19H24FN. The summed E-state index contributed by atoms with van der Waals surface area (Å²) in [6.07, 6.45) is 2.04. The molecule has 0 aliphatic carbocycles. The molecule has 1 nitrogen and oxygen atoms in total. The number of nitrogens with one attached hydrogen (secondary N) is 1. The van der Waals surface area contributed by atoms with Crippen molar-refractivity contribution in [2.24, 2.45) is 0 Å². The van der Waals surface area contributed by atoms with Crippen molar-refractivity contribution in [2.45, 2.75) is 39.7 Å². The lowest BCUT2D eigenvalue weighted by Gasteiger charge is -2.24. The van der Waals surface area contributed by atoms with Gasteiger partial charge in [0.15, 0.2) is 0 Å². The van der Waals surface area contributed by atoms with Crippen LogP contribution in [0.3, 0.4) is 0 Å². The molecule has 0 fully saturated rings. The highest BCUT2D eigenvalue weighted by molar-refractivity contribution is 5.41. The lowest BCUT2D eigenvalue weighted by Crippen LogP contribution is -2.25. The molecule has 0 spiro atoms. The number of rotatable bonds is 6. The summed E-state index contributed by atoms with van der Waals surface area (Å²) in [5.41, 5.74) is 4.72. The van der Waals surface area contributed by atoms with Gasteiger partial charge in [-0.1, -0.05) is 44.2 Å². The van der Waals surface area contributed by atoms with E-state index in [1.165, 1.54) is 17.2 Å². The van der Waals surface area contributed by atoms with E-state index in [2.05, 4.69) is 43.4 Å². The molecule has 0 bridgehead atoms. The Morgan fingerprint density at radius 3 is 2.52 bits per heavy atom. The van der Waals surface area contributed by atoms with Crippen LogP contribution in [0.25, 0.3) is 0 Å². The SMILES string of the molecule is CCCNC(c1cc(F)ccc1C)c1ccccc1CC. The van der Waals surface area contributed by atoms with Crippen molar-refractivity contribution in [2.75, 3.05) is 6.54 Å². The second-order valence-corrected chi connectivity index (χ2v) is 5.44. The molecule has 0 aromatic heterocycles. The molecule has 2 heteroatoms. The van der Waals surface area contributed by atoms with Crippen LogP contribution >= 0.6 is 0 Å². The molecule has 2 aromatic carbocycles. The molecule has 2 rings (SSSR count). The first-order chi connectivity index (χ1) is 10.2. The van der Waals surface area contributed by atoms with E-state index in [-0.39, 0.29) is 11.9 Å². The summed E-state index contributed by atoms with van der Waals surface area (Å²) in [5, 5.41) is 3.58. The molecule has 0 heterocycles. The summed E-state index contributed by atoms with van der Waals surface area (Å²) >= 11 is 0. The Labute approximate surface area is 127 Å². The largest absolute Gasteiger partial charge is 0.306 e. The van der Waals surface area contributed by atoms with Gasteiger partial charge < -0.3 is 5.32 Å². The molecular weight excluding hydrogens is 261 g/mol. The van der Waals surface area contributed by atoms with E-state index in [9.17, 15) is 4.39 Å². The molecule has 0 aliphatic heterocycles. The fraction of sp³-hybridized carbons (Fsp3) is 0.368. The minimum atomic E-state index is -0.173.